The quantitative estimate of drug-likeness (QED) is 0.365. The predicted octanol–water partition coefficient (Wildman–Crippen LogP) is 1.60. The zero-order chi connectivity index (χ0) is 9.56. The zero-order valence-corrected chi connectivity index (χ0v) is 7.29. The number of hydrogen-bond acceptors (Lipinski definition) is 3. The Morgan fingerprint density at radius 1 is 1.50 bits per heavy atom. The van der Waals surface area contributed by atoms with Gasteiger partial charge in [0, 0.05) is 11.6 Å². The minimum atomic E-state index is -0.655. The Hall–Kier alpha value is -1.38. The van der Waals surface area contributed by atoms with E-state index in [0.717, 1.165) is 0 Å². The van der Waals surface area contributed by atoms with Gasteiger partial charge in [0.05, 0.1) is 0 Å². The van der Waals surface area contributed by atoms with Gasteiger partial charge in [-0.1, -0.05) is 19.6 Å². The minimum absolute atomic E-state index is 0.299. The second-order valence-electron chi connectivity index (χ2n) is 2.17. The van der Waals surface area contributed by atoms with Crippen LogP contribution in [0.5, 0.6) is 0 Å². The van der Waals surface area contributed by atoms with E-state index < -0.39 is 11.9 Å². The highest BCUT2D eigenvalue weighted by Crippen LogP contribution is 1.99. The summed E-state index contributed by atoms with van der Waals surface area (Å²) in [5.41, 5.74) is 0.299. The molecule has 0 rings (SSSR count). The second-order valence-corrected chi connectivity index (χ2v) is 2.17. The lowest BCUT2D eigenvalue weighted by Crippen LogP contribution is -2.11. The molecule has 3 heteroatoms. The fourth-order valence-electron chi connectivity index (χ4n) is 0.478. The maximum absolute atomic E-state index is 10.9. The highest BCUT2D eigenvalue weighted by Gasteiger charge is 2.09. The Kier molecular flexibility index (Phi) is 4.69. The third-order valence-corrected chi connectivity index (χ3v) is 1.21. The molecule has 12 heavy (non-hydrogen) atoms. The topological polar surface area (TPSA) is 43.4 Å². The molecule has 0 fully saturated rings. The van der Waals surface area contributed by atoms with E-state index in [9.17, 15) is 9.59 Å². The number of hydrogen-bond donors (Lipinski definition) is 0. The fourth-order valence-corrected chi connectivity index (χ4v) is 0.478. The molecule has 0 aromatic carbocycles. The van der Waals surface area contributed by atoms with Gasteiger partial charge in [-0.15, -0.1) is 0 Å². The van der Waals surface area contributed by atoms with E-state index in [-0.39, 0.29) is 0 Å². The van der Waals surface area contributed by atoms with Gasteiger partial charge in [0.15, 0.2) is 0 Å². The van der Waals surface area contributed by atoms with Crippen LogP contribution in [-0.4, -0.2) is 11.9 Å². The third kappa shape index (κ3) is 3.71. The smallest absolute Gasteiger partial charge is 0.341 e. The first kappa shape index (κ1) is 10.6. The lowest BCUT2D eigenvalue weighted by molar-refractivity contribution is -0.153. The molecular formula is C9H12O3. The van der Waals surface area contributed by atoms with Crippen LogP contribution in [0.15, 0.2) is 24.3 Å². The van der Waals surface area contributed by atoms with E-state index >= 15 is 0 Å². The van der Waals surface area contributed by atoms with E-state index in [0.29, 0.717) is 12.0 Å². The Balaban J connectivity index is 4.01. The van der Waals surface area contributed by atoms with Gasteiger partial charge in [0.25, 0.3) is 0 Å². The molecule has 0 saturated heterocycles. The highest BCUT2D eigenvalue weighted by molar-refractivity contribution is 5.98. The van der Waals surface area contributed by atoms with Crippen LogP contribution in [0.1, 0.15) is 20.3 Å². The molecule has 66 valence electrons. The largest absolute Gasteiger partial charge is 0.386 e. The number of carbonyl (C=O) groups is 2. The molecular weight excluding hydrogens is 156 g/mol. The van der Waals surface area contributed by atoms with Gasteiger partial charge in [-0.3, -0.25) is 0 Å². The molecule has 0 aliphatic heterocycles. The molecule has 0 heterocycles. The van der Waals surface area contributed by atoms with Gasteiger partial charge < -0.3 is 4.74 Å². The molecule has 0 aliphatic rings. The molecule has 0 saturated carbocycles. The summed E-state index contributed by atoms with van der Waals surface area (Å²) in [5, 5.41) is 0. The summed E-state index contributed by atoms with van der Waals surface area (Å²) in [6, 6.07) is 0. The number of allylic oxidation sites excluding steroid dienone is 1. The molecule has 0 amide bonds. The lowest BCUT2D eigenvalue weighted by Gasteiger charge is -1.99. The zero-order valence-electron chi connectivity index (χ0n) is 7.29. The molecule has 0 unspecified atom stereocenters. The lowest BCUT2D eigenvalue weighted by atomic mass is 10.2. The van der Waals surface area contributed by atoms with Crippen molar-refractivity contribution < 1.29 is 14.3 Å². The van der Waals surface area contributed by atoms with E-state index in [1.54, 1.807) is 13.8 Å². The third-order valence-electron chi connectivity index (χ3n) is 1.21. The van der Waals surface area contributed by atoms with Crippen molar-refractivity contribution in [1.82, 2.24) is 0 Å². The van der Waals surface area contributed by atoms with Crippen molar-refractivity contribution in [3.05, 3.63) is 24.3 Å². The first-order valence-corrected chi connectivity index (χ1v) is 3.68. The summed E-state index contributed by atoms with van der Waals surface area (Å²) in [6.07, 6.45) is 3.17. The van der Waals surface area contributed by atoms with Crippen LogP contribution in [0.4, 0.5) is 0 Å². The van der Waals surface area contributed by atoms with Gasteiger partial charge in [-0.2, -0.15) is 0 Å². The minimum Gasteiger partial charge on any atom is -0.386 e. The Bertz CT molecular complexity index is 226. The summed E-state index contributed by atoms with van der Waals surface area (Å²) in [7, 11) is 0. The maximum Gasteiger partial charge on any atom is 0.341 e. The van der Waals surface area contributed by atoms with Gasteiger partial charge in [0.1, 0.15) is 0 Å². The maximum atomic E-state index is 10.9. The van der Waals surface area contributed by atoms with E-state index in [1.807, 2.05) is 0 Å². The summed E-state index contributed by atoms with van der Waals surface area (Å²) in [5.74, 6) is -1.31. The van der Waals surface area contributed by atoms with E-state index in [2.05, 4.69) is 11.3 Å². The molecule has 0 bridgehead atoms. The number of ether oxygens (including phenoxy) is 1. The Morgan fingerprint density at radius 2 is 2.08 bits per heavy atom. The number of esters is 2. The van der Waals surface area contributed by atoms with Crippen LogP contribution in [0.3, 0.4) is 0 Å². The Morgan fingerprint density at radius 3 is 2.50 bits per heavy atom. The molecule has 3 nitrogen and oxygen atoms in total. The second kappa shape index (κ2) is 5.29. The van der Waals surface area contributed by atoms with Crippen LogP contribution >= 0.6 is 0 Å². The molecule has 0 aliphatic carbocycles. The monoisotopic (exact) mass is 168 g/mol. The van der Waals surface area contributed by atoms with Crippen molar-refractivity contribution in [3.63, 3.8) is 0 Å². The van der Waals surface area contributed by atoms with Crippen molar-refractivity contribution in [2.45, 2.75) is 20.3 Å². The number of carbonyl (C=O) groups excluding carboxylic acids is 2. The van der Waals surface area contributed by atoms with Crippen LogP contribution in [0, 0.1) is 0 Å². The normalized spacial score (nSPS) is 9.83. The summed E-state index contributed by atoms with van der Waals surface area (Å²) in [6.45, 7) is 6.87. The van der Waals surface area contributed by atoms with Gasteiger partial charge in [-0.05, 0) is 13.3 Å². The fraction of sp³-hybridized carbons (Fsp3) is 0.333. The van der Waals surface area contributed by atoms with Crippen molar-refractivity contribution in [3.8, 4) is 0 Å². The van der Waals surface area contributed by atoms with Crippen molar-refractivity contribution in [1.29, 1.82) is 0 Å². The molecule has 0 atom stereocenters. The van der Waals surface area contributed by atoms with Gasteiger partial charge in [0.2, 0.25) is 0 Å². The van der Waals surface area contributed by atoms with Crippen molar-refractivity contribution in [2.24, 2.45) is 0 Å². The summed E-state index contributed by atoms with van der Waals surface area (Å²) < 4.78 is 4.38. The first-order valence-electron chi connectivity index (χ1n) is 3.68. The molecule has 0 aromatic heterocycles. The van der Waals surface area contributed by atoms with Crippen LogP contribution in [0.2, 0.25) is 0 Å². The molecule has 0 N–H and O–H groups in total. The van der Waals surface area contributed by atoms with Crippen LogP contribution in [0.25, 0.3) is 0 Å². The molecule has 0 radical (unpaired) electrons. The standard InChI is InChI=1S/C9H12O3/c1-4-6-8(10)12-9(11)7(3)5-2/h4,6H,3,5H2,1-2H3. The first-order chi connectivity index (χ1) is 5.61. The molecule has 0 aromatic rings. The molecule has 0 spiro atoms. The van der Waals surface area contributed by atoms with Crippen LogP contribution < -0.4 is 0 Å². The van der Waals surface area contributed by atoms with Gasteiger partial charge >= 0.3 is 11.9 Å². The highest BCUT2D eigenvalue weighted by atomic mass is 16.6. The average molecular weight is 168 g/mol. The van der Waals surface area contributed by atoms with E-state index in [1.165, 1.54) is 12.2 Å². The van der Waals surface area contributed by atoms with Crippen LogP contribution in [-0.2, 0) is 14.3 Å². The summed E-state index contributed by atoms with van der Waals surface area (Å²) in [4.78, 5) is 21.6. The SMILES string of the molecule is C=C(CC)C(=O)OC(=O)C=CC. The average Bonchev–Trinajstić information content (AvgIpc) is 2.03. The summed E-state index contributed by atoms with van der Waals surface area (Å²) >= 11 is 0. The predicted molar refractivity (Wildman–Crippen MR) is 45.3 cm³/mol. The number of rotatable bonds is 3. The Labute approximate surface area is 71.7 Å². The van der Waals surface area contributed by atoms with Gasteiger partial charge in [-0.25, -0.2) is 9.59 Å². The van der Waals surface area contributed by atoms with E-state index in [4.69, 9.17) is 0 Å². The van der Waals surface area contributed by atoms with Crippen molar-refractivity contribution >= 4 is 11.9 Å². The van der Waals surface area contributed by atoms with Crippen molar-refractivity contribution in [2.75, 3.05) is 0 Å².